The van der Waals surface area contributed by atoms with Crippen LogP contribution < -0.4 is 10.1 Å². The summed E-state index contributed by atoms with van der Waals surface area (Å²) in [5.41, 5.74) is 2.66. The minimum absolute atomic E-state index is 0.152. The Bertz CT molecular complexity index is 878. The van der Waals surface area contributed by atoms with Crippen molar-refractivity contribution in [2.75, 3.05) is 5.32 Å². The average molecular weight is 320 g/mol. The summed E-state index contributed by atoms with van der Waals surface area (Å²) in [6, 6.07) is 15.3. The quantitative estimate of drug-likeness (QED) is 0.805. The maximum absolute atomic E-state index is 12.5. The summed E-state index contributed by atoms with van der Waals surface area (Å²) in [5.74, 6) is 1.38. The van der Waals surface area contributed by atoms with Gasteiger partial charge in [0, 0.05) is 24.7 Å². The smallest absolute Gasteiger partial charge is 0.265 e. The maximum atomic E-state index is 12.5. The molecule has 120 valence electrons. The molecule has 4 rings (SSSR count). The van der Waals surface area contributed by atoms with Crippen molar-refractivity contribution in [3.05, 3.63) is 60.4 Å². The van der Waals surface area contributed by atoms with Gasteiger partial charge < -0.3 is 14.6 Å². The number of aryl methyl sites for hydroxylation is 1. The number of benzene rings is 2. The number of carbonyl (C=O) groups is 1. The van der Waals surface area contributed by atoms with E-state index in [9.17, 15) is 4.79 Å². The summed E-state index contributed by atoms with van der Waals surface area (Å²) in [5, 5.41) is 10.9. The summed E-state index contributed by atoms with van der Waals surface area (Å²) in [4.78, 5) is 12.5. The summed E-state index contributed by atoms with van der Waals surface area (Å²) in [6.45, 7) is 0. The largest absolute Gasteiger partial charge is 0.480 e. The molecule has 1 atom stereocenters. The molecule has 2 aromatic carbocycles. The van der Waals surface area contributed by atoms with Crippen molar-refractivity contribution >= 4 is 11.6 Å². The number of anilines is 1. The van der Waals surface area contributed by atoms with Gasteiger partial charge in [-0.25, -0.2) is 0 Å². The van der Waals surface area contributed by atoms with Gasteiger partial charge in [-0.15, -0.1) is 10.2 Å². The van der Waals surface area contributed by atoms with Gasteiger partial charge in [0.25, 0.3) is 5.91 Å². The van der Waals surface area contributed by atoms with Gasteiger partial charge in [0.1, 0.15) is 12.1 Å². The van der Waals surface area contributed by atoms with E-state index < -0.39 is 6.10 Å². The van der Waals surface area contributed by atoms with Crippen LogP contribution in [-0.2, 0) is 18.3 Å². The number of nitrogens with zero attached hydrogens (tertiary/aromatic N) is 3. The molecule has 6 nitrogen and oxygen atoms in total. The fraction of sp³-hybridized carbons (Fsp3) is 0.167. The first-order valence-electron chi connectivity index (χ1n) is 7.70. The van der Waals surface area contributed by atoms with E-state index in [0.717, 1.165) is 22.7 Å². The van der Waals surface area contributed by atoms with E-state index in [2.05, 4.69) is 15.5 Å². The van der Waals surface area contributed by atoms with E-state index in [4.69, 9.17) is 4.74 Å². The van der Waals surface area contributed by atoms with Crippen molar-refractivity contribution in [1.29, 1.82) is 0 Å². The number of amides is 1. The molecule has 2 heterocycles. The van der Waals surface area contributed by atoms with E-state index in [1.165, 1.54) is 0 Å². The fourth-order valence-corrected chi connectivity index (χ4v) is 2.83. The van der Waals surface area contributed by atoms with Crippen molar-refractivity contribution in [2.24, 2.45) is 7.05 Å². The van der Waals surface area contributed by atoms with Crippen LogP contribution in [0.25, 0.3) is 11.4 Å². The number of ether oxygens (including phenoxy) is 1. The second kappa shape index (κ2) is 5.81. The first-order chi connectivity index (χ1) is 11.7. The Labute approximate surface area is 139 Å². The number of hydrogen-bond acceptors (Lipinski definition) is 4. The Morgan fingerprint density at radius 2 is 2.12 bits per heavy atom. The molecule has 3 aromatic rings. The van der Waals surface area contributed by atoms with E-state index in [1.54, 1.807) is 6.33 Å². The number of aromatic nitrogens is 3. The van der Waals surface area contributed by atoms with Crippen LogP contribution in [0.15, 0.2) is 54.9 Å². The van der Waals surface area contributed by atoms with E-state index in [1.807, 2.05) is 60.1 Å². The van der Waals surface area contributed by atoms with Crippen LogP contribution in [0, 0.1) is 0 Å². The summed E-state index contributed by atoms with van der Waals surface area (Å²) >= 11 is 0. The summed E-state index contributed by atoms with van der Waals surface area (Å²) in [6.07, 6.45) is 1.73. The highest BCUT2D eigenvalue weighted by atomic mass is 16.5. The molecule has 1 amide bonds. The van der Waals surface area contributed by atoms with Gasteiger partial charge in [-0.1, -0.05) is 30.3 Å². The van der Waals surface area contributed by atoms with Crippen molar-refractivity contribution in [3.63, 3.8) is 0 Å². The topological polar surface area (TPSA) is 69.0 Å². The van der Waals surface area contributed by atoms with Crippen molar-refractivity contribution in [1.82, 2.24) is 14.8 Å². The number of carbonyl (C=O) groups excluding carboxylic acids is 1. The van der Waals surface area contributed by atoms with Crippen molar-refractivity contribution in [3.8, 4) is 17.1 Å². The predicted octanol–water partition coefficient (Wildman–Crippen LogP) is 2.42. The lowest BCUT2D eigenvalue weighted by atomic mass is 10.1. The monoisotopic (exact) mass is 320 g/mol. The van der Waals surface area contributed by atoms with E-state index in [-0.39, 0.29) is 5.91 Å². The first kappa shape index (κ1) is 14.4. The van der Waals surface area contributed by atoms with Crippen LogP contribution in [-0.4, -0.2) is 26.8 Å². The van der Waals surface area contributed by atoms with Gasteiger partial charge in [0.2, 0.25) is 0 Å². The molecule has 1 aromatic heterocycles. The molecule has 0 saturated heterocycles. The molecule has 0 fully saturated rings. The lowest BCUT2D eigenvalue weighted by Crippen LogP contribution is -2.31. The highest BCUT2D eigenvalue weighted by Crippen LogP contribution is 2.29. The number of para-hydroxylation sites is 1. The van der Waals surface area contributed by atoms with Crippen LogP contribution >= 0.6 is 0 Å². The summed E-state index contributed by atoms with van der Waals surface area (Å²) in [7, 11) is 1.88. The molecule has 0 bridgehead atoms. The third-order valence-corrected chi connectivity index (χ3v) is 4.04. The van der Waals surface area contributed by atoms with Crippen LogP contribution in [0.4, 0.5) is 5.69 Å². The summed E-state index contributed by atoms with van der Waals surface area (Å²) < 4.78 is 7.56. The predicted molar refractivity (Wildman–Crippen MR) is 89.6 cm³/mol. The van der Waals surface area contributed by atoms with E-state index in [0.29, 0.717) is 12.1 Å². The Morgan fingerprint density at radius 1 is 1.25 bits per heavy atom. The third kappa shape index (κ3) is 2.62. The molecular weight excluding hydrogens is 304 g/mol. The van der Waals surface area contributed by atoms with E-state index >= 15 is 0 Å². The molecule has 1 N–H and O–H groups in total. The highest BCUT2D eigenvalue weighted by molar-refractivity contribution is 5.95. The van der Waals surface area contributed by atoms with Crippen LogP contribution in [0.3, 0.4) is 0 Å². The Morgan fingerprint density at radius 3 is 2.92 bits per heavy atom. The van der Waals surface area contributed by atoms with Crippen molar-refractivity contribution < 1.29 is 9.53 Å². The second-order valence-electron chi connectivity index (χ2n) is 5.75. The molecule has 1 aliphatic heterocycles. The highest BCUT2D eigenvalue weighted by Gasteiger charge is 2.28. The standard InChI is InChI=1S/C18H16N4O2/c1-22-11-19-21-17(22)13-6-4-7-14(9-13)20-18(23)16-10-12-5-2-3-8-15(12)24-16/h2-9,11,16H,10H2,1H3,(H,20,23)/t16-/m1/s1. The lowest BCUT2D eigenvalue weighted by molar-refractivity contribution is -0.122. The van der Waals surface area contributed by atoms with Gasteiger partial charge in [-0.2, -0.15) is 0 Å². The molecule has 6 heteroatoms. The fourth-order valence-electron chi connectivity index (χ4n) is 2.83. The number of rotatable bonds is 3. The van der Waals surface area contributed by atoms with Gasteiger partial charge in [0.15, 0.2) is 11.9 Å². The zero-order valence-corrected chi connectivity index (χ0v) is 13.1. The van der Waals surface area contributed by atoms with Crippen LogP contribution in [0.5, 0.6) is 5.75 Å². The lowest BCUT2D eigenvalue weighted by Gasteiger charge is -2.12. The minimum Gasteiger partial charge on any atom is -0.480 e. The zero-order chi connectivity index (χ0) is 16.5. The maximum Gasteiger partial charge on any atom is 0.265 e. The van der Waals surface area contributed by atoms with Gasteiger partial charge in [0.05, 0.1) is 0 Å². The zero-order valence-electron chi connectivity index (χ0n) is 13.1. The minimum atomic E-state index is -0.499. The average Bonchev–Trinajstić information content (AvgIpc) is 3.21. The number of fused-ring (bicyclic) bond motifs is 1. The molecular formula is C18H16N4O2. The molecule has 1 aliphatic rings. The molecule has 0 saturated carbocycles. The van der Waals surface area contributed by atoms with Gasteiger partial charge in [-0.3, -0.25) is 4.79 Å². The molecule has 0 aliphatic carbocycles. The number of nitrogens with one attached hydrogen (secondary N) is 1. The van der Waals surface area contributed by atoms with Crippen molar-refractivity contribution in [2.45, 2.75) is 12.5 Å². The molecule has 24 heavy (non-hydrogen) atoms. The Hall–Kier alpha value is -3.15. The van der Waals surface area contributed by atoms with Gasteiger partial charge in [-0.05, 0) is 23.8 Å². The molecule has 0 radical (unpaired) electrons. The second-order valence-corrected chi connectivity index (χ2v) is 5.75. The van der Waals surface area contributed by atoms with Crippen LogP contribution in [0.1, 0.15) is 5.56 Å². The SMILES string of the molecule is Cn1cnnc1-c1cccc(NC(=O)[C@H]2Cc3ccccc3O2)c1. The Balaban J connectivity index is 1.50. The Kier molecular flexibility index (Phi) is 3.49. The normalized spacial score (nSPS) is 15.6. The molecule has 0 unspecified atom stereocenters. The van der Waals surface area contributed by atoms with Gasteiger partial charge >= 0.3 is 0 Å². The third-order valence-electron chi connectivity index (χ3n) is 4.04. The van der Waals surface area contributed by atoms with Crippen LogP contribution in [0.2, 0.25) is 0 Å². The molecule has 0 spiro atoms. The number of hydrogen-bond donors (Lipinski definition) is 1. The first-order valence-corrected chi connectivity index (χ1v) is 7.70.